The topological polar surface area (TPSA) is 86.3 Å². The standard InChI is InChI=1S/C34H26Cl2N2O4/c1-20(2)22-15-17-24(18-16-22)31-26(25-7-4-5-10-30(25)37(39)40)19-27(33-28(35)8-6-9-29(33)36)32(34(31)38(41)42)23-13-11-21(3)12-14-23/h4-20H,1-3H3. The zero-order valence-electron chi connectivity index (χ0n) is 23.1. The maximum absolute atomic E-state index is 13.2. The summed E-state index contributed by atoms with van der Waals surface area (Å²) in [5.74, 6) is 0.247. The molecule has 0 heterocycles. The van der Waals surface area contributed by atoms with Crippen LogP contribution in [0.1, 0.15) is 30.9 Å². The Bertz CT molecular complexity index is 1810. The molecule has 0 aromatic heterocycles. The van der Waals surface area contributed by atoms with Gasteiger partial charge in [-0.05, 0) is 53.8 Å². The summed E-state index contributed by atoms with van der Waals surface area (Å²) in [6.07, 6.45) is 0. The third kappa shape index (κ3) is 5.39. The number of nitro groups is 2. The normalized spacial score (nSPS) is 11.1. The Hall–Kier alpha value is -4.52. The van der Waals surface area contributed by atoms with Crippen LogP contribution in [0.25, 0.3) is 44.5 Å². The molecule has 0 aliphatic rings. The lowest BCUT2D eigenvalue weighted by Gasteiger charge is -2.20. The molecule has 42 heavy (non-hydrogen) atoms. The van der Waals surface area contributed by atoms with Crippen LogP contribution in [0.2, 0.25) is 10.0 Å². The van der Waals surface area contributed by atoms with Gasteiger partial charge in [0.25, 0.3) is 11.4 Å². The predicted molar refractivity (Wildman–Crippen MR) is 170 cm³/mol. The molecule has 5 rings (SSSR count). The quantitative estimate of drug-likeness (QED) is 0.138. The van der Waals surface area contributed by atoms with Gasteiger partial charge in [0.15, 0.2) is 0 Å². The Morgan fingerprint density at radius 3 is 1.71 bits per heavy atom. The zero-order valence-corrected chi connectivity index (χ0v) is 24.6. The largest absolute Gasteiger partial charge is 0.286 e. The number of benzene rings is 5. The van der Waals surface area contributed by atoms with Crippen LogP contribution in [0, 0.1) is 27.2 Å². The van der Waals surface area contributed by atoms with Crippen LogP contribution < -0.4 is 0 Å². The van der Waals surface area contributed by atoms with Gasteiger partial charge in [-0.1, -0.05) is 109 Å². The van der Waals surface area contributed by atoms with Crippen LogP contribution in [0.15, 0.2) is 97.1 Å². The number of hydrogen-bond acceptors (Lipinski definition) is 4. The average Bonchev–Trinajstić information content (AvgIpc) is 2.97. The molecule has 0 bridgehead atoms. The summed E-state index contributed by atoms with van der Waals surface area (Å²) in [4.78, 5) is 24.5. The molecule has 0 saturated heterocycles. The van der Waals surface area contributed by atoms with Gasteiger partial charge in [-0.15, -0.1) is 0 Å². The number of rotatable bonds is 7. The first-order valence-corrected chi connectivity index (χ1v) is 14.0. The van der Waals surface area contributed by atoms with Crippen molar-refractivity contribution in [3.05, 3.63) is 138 Å². The second kappa shape index (κ2) is 11.8. The monoisotopic (exact) mass is 596 g/mol. The molecule has 0 amide bonds. The van der Waals surface area contributed by atoms with Crippen LogP contribution in [0.5, 0.6) is 0 Å². The Morgan fingerprint density at radius 1 is 0.619 bits per heavy atom. The maximum Gasteiger partial charge on any atom is 0.286 e. The predicted octanol–water partition coefficient (Wildman–Crippen LogP) is 10.9. The molecule has 0 radical (unpaired) electrons. The lowest BCUT2D eigenvalue weighted by molar-refractivity contribution is -0.384. The van der Waals surface area contributed by atoms with E-state index >= 15 is 0 Å². The first-order chi connectivity index (χ1) is 20.1. The van der Waals surface area contributed by atoms with Gasteiger partial charge < -0.3 is 0 Å². The molecule has 5 aromatic carbocycles. The molecular formula is C34H26Cl2N2O4. The number of nitro benzene ring substituents is 2. The zero-order chi connectivity index (χ0) is 30.1. The second-order valence-corrected chi connectivity index (χ2v) is 11.2. The van der Waals surface area contributed by atoms with Crippen molar-refractivity contribution in [1.82, 2.24) is 0 Å². The van der Waals surface area contributed by atoms with Crippen LogP contribution in [0.3, 0.4) is 0 Å². The van der Waals surface area contributed by atoms with E-state index in [4.69, 9.17) is 23.2 Å². The van der Waals surface area contributed by atoms with Crippen LogP contribution in [0.4, 0.5) is 11.4 Å². The number of halogens is 2. The number of aryl methyl sites for hydroxylation is 1. The third-order valence-corrected chi connectivity index (χ3v) is 7.94. The molecular weight excluding hydrogens is 571 g/mol. The molecule has 210 valence electrons. The van der Waals surface area contributed by atoms with E-state index in [0.717, 1.165) is 11.1 Å². The van der Waals surface area contributed by atoms with Gasteiger partial charge >= 0.3 is 0 Å². The molecule has 8 heteroatoms. The Balaban J connectivity index is 2.04. The maximum atomic E-state index is 13.2. The van der Waals surface area contributed by atoms with Crippen molar-refractivity contribution < 1.29 is 9.85 Å². The van der Waals surface area contributed by atoms with E-state index in [-0.39, 0.29) is 28.4 Å². The van der Waals surface area contributed by atoms with Crippen LogP contribution in [-0.2, 0) is 0 Å². The molecule has 0 aliphatic carbocycles. The van der Waals surface area contributed by atoms with Gasteiger partial charge in [0.2, 0.25) is 0 Å². The number of hydrogen-bond donors (Lipinski definition) is 0. The fourth-order valence-corrected chi connectivity index (χ4v) is 5.82. The Morgan fingerprint density at radius 2 is 1.17 bits per heavy atom. The molecule has 0 unspecified atom stereocenters. The van der Waals surface area contributed by atoms with Crippen molar-refractivity contribution in [1.29, 1.82) is 0 Å². The molecule has 0 saturated carbocycles. The van der Waals surface area contributed by atoms with E-state index in [1.165, 1.54) is 6.07 Å². The molecule has 6 nitrogen and oxygen atoms in total. The SMILES string of the molecule is Cc1ccc(-c2c(-c3c(Cl)cccc3Cl)cc(-c3ccccc3[N+](=O)[O-])c(-c3ccc(C(C)C)cc3)c2[N+](=O)[O-])cc1. The molecule has 0 aliphatic heterocycles. The van der Waals surface area contributed by atoms with Crippen molar-refractivity contribution in [2.24, 2.45) is 0 Å². The highest BCUT2D eigenvalue weighted by atomic mass is 35.5. The summed E-state index contributed by atoms with van der Waals surface area (Å²) in [6.45, 7) is 6.06. The van der Waals surface area contributed by atoms with E-state index in [1.54, 1.807) is 42.5 Å². The van der Waals surface area contributed by atoms with E-state index < -0.39 is 9.85 Å². The number of nitrogens with zero attached hydrogens (tertiary/aromatic N) is 2. The second-order valence-electron chi connectivity index (χ2n) is 10.3. The lowest BCUT2D eigenvalue weighted by Crippen LogP contribution is -2.03. The first-order valence-electron chi connectivity index (χ1n) is 13.3. The average molecular weight is 597 g/mol. The summed E-state index contributed by atoms with van der Waals surface area (Å²) in [7, 11) is 0. The summed E-state index contributed by atoms with van der Waals surface area (Å²) in [5.41, 5.74) is 4.79. The fraction of sp³-hybridized carbons (Fsp3) is 0.118. The highest BCUT2D eigenvalue weighted by Crippen LogP contribution is 2.53. The van der Waals surface area contributed by atoms with Gasteiger partial charge in [0, 0.05) is 32.8 Å². The minimum absolute atomic E-state index is 0.175. The Labute approximate surface area is 253 Å². The molecule has 0 fully saturated rings. The summed E-state index contributed by atoms with van der Waals surface area (Å²) in [6, 6.07) is 27.9. The van der Waals surface area contributed by atoms with Gasteiger partial charge in [0.1, 0.15) is 0 Å². The van der Waals surface area contributed by atoms with E-state index in [9.17, 15) is 20.2 Å². The fourth-order valence-electron chi connectivity index (χ4n) is 5.22. The van der Waals surface area contributed by atoms with Crippen LogP contribution in [-0.4, -0.2) is 9.85 Å². The number of para-hydroxylation sites is 1. The van der Waals surface area contributed by atoms with Gasteiger partial charge in [0.05, 0.1) is 26.5 Å². The van der Waals surface area contributed by atoms with Gasteiger partial charge in [-0.3, -0.25) is 20.2 Å². The van der Waals surface area contributed by atoms with Crippen molar-refractivity contribution >= 4 is 34.6 Å². The molecule has 0 spiro atoms. The van der Waals surface area contributed by atoms with E-state index in [1.807, 2.05) is 55.5 Å². The summed E-state index contributed by atoms with van der Waals surface area (Å²) in [5, 5.41) is 26.0. The van der Waals surface area contributed by atoms with Gasteiger partial charge in [-0.25, -0.2) is 0 Å². The molecule has 0 atom stereocenters. The van der Waals surface area contributed by atoms with Gasteiger partial charge in [-0.2, -0.15) is 0 Å². The van der Waals surface area contributed by atoms with Crippen molar-refractivity contribution in [3.8, 4) is 44.5 Å². The van der Waals surface area contributed by atoms with E-state index in [0.29, 0.717) is 43.4 Å². The highest BCUT2D eigenvalue weighted by molar-refractivity contribution is 6.39. The smallest absolute Gasteiger partial charge is 0.258 e. The lowest BCUT2D eigenvalue weighted by atomic mass is 9.83. The third-order valence-electron chi connectivity index (χ3n) is 7.31. The summed E-state index contributed by atoms with van der Waals surface area (Å²) < 4.78 is 0. The summed E-state index contributed by atoms with van der Waals surface area (Å²) >= 11 is 13.4. The van der Waals surface area contributed by atoms with Crippen LogP contribution >= 0.6 is 23.2 Å². The Kier molecular flexibility index (Phi) is 8.12. The van der Waals surface area contributed by atoms with Crippen molar-refractivity contribution in [2.75, 3.05) is 0 Å². The highest BCUT2D eigenvalue weighted by Gasteiger charge is 2.33. The van der Waals surface area contributed by atoms with Crippen molar-refractivity contribution in [2.45, 2.75) is 26.7 Å². The van der Waals surface area contributed by atoms with E-state index in [2.05, 4.69) is 13.8 Å². The minimum Gasteiger partial charge on any atom is -0.258 e. The minimum atomic E-state index is -0.483. The first kappa shape index (κ1) is 29.0. The molecule has 5 aromatic rings. The molecule has 0 N–H and O–H groups in total. The van der Waals surface area contributed by atoms with Crippen molar-refractivity contribution in [3.63, 3.8) is 0 Å².